The van der Waals surface area contributed by atoms with Gasteiger partial charge in [-0.25, -0.2) is 4.79 Å². The monoisotopic (exact) mass is 330 g/mol. The molecule has 3 aliphatic rings. The molecule has 2 bridgehead atoms. The summed E-state index contributed by atoms with van der Waals surface area (Å²) >= 11 is 6.19. The van der Waals surface area contributed by atoms with E-state index >= 15 is 0 Å². The maximum atomic E-state index is 12.7. The first kappa shape index (κ1) is 14.7. The molecular formula is C17H19ClN4O. The van der Waals surface area contributed by atoms with Gasteiger partial charge in [-0.2, -0.15) is 0 Å². The summed E-state index contributed by atoms with van der Waals surface area (Å²) in [7, 11) is 0. The van der Waals surface area contributed by atoms with Crippen LogP contribution in [0.25, 0.3) is 10.9 Å². The molecule has 0 saturated carbocycles. The van der Waals surface area contributed by atoms with Gasteiger partial charge in [0.2, 0.25) is 0 Å². The van der Waals surface area contributed by atoms with Gasteiger partial charge in [0.25, 0.3) is 0 Å². The number of rotatable bonds is 1. The third-order valence-electron chi connectivity index (χ3n) is 4.79. The van der Waals surface area contributed by atoms with Crippen molar-refractivity contribution in [2.75, 3.05) is 25.0 Å². The summed E-state index contributed by atoms with van der Waals surface area (Å²) in [6.45, 7) is 2.60. The Bertz CT molecular complexity index is 728. The number of halogens is 1. The van der Waals surface area contributed by atoms with Gasteiger partial charge >= 0.3 is 6.03 Å². The topological polar surface area (TPSA) is 57.3 Å². The number of carbonyl (C=O) groups excluding carboxylic acids is 1. The Morgan fingerprint density at radius 3 is 3.04 bits per heavy atom. The second-order valence-electron chi connectivity index (χ2n) is 6.38. The lowest BCUT2D eigenvalue weighted by Crippen LogP contribution is -2.42. The van der Waals surface area contributed by atoms with E-state index in [0.717, 1.165) is 37.1 Å². The molecule has 5 rings (SSSR count). The summed E-state index contributed by atoms with van der Waals surface area (Å²) in [6.07, 6.45) is 4.06. The lowest BCUT2D eigenvalue weighted by atomic mass is 9.97. The molecular weight excluding hydrogens is 312 g/mol. The molecule has 0 aliphatic carbocycles. The van der Waals surface area contributed by atoms with Crippen molar-refractivity contribution in [3.63, 3.8) is 0 Å². The second-order valence-corrected chi connectivity index (χ2v) is 6.79. The number of hydrogen-bond acceptors (Lipinski definition) is 3. The van der Waals surface area contributed by atoms with Crippen molar-refractivity contribution in [1.29, 1.82) is 0 Å². The third-order valence-corrected chi connectivity index (χ3v) is 5.09. The molecule has 3 aliphatic heterocycles. The molecule has 120 valence electrons. The summed E-state index contributed by atoms with van der Waals surface area (Å²) < 4.78 is 0. The van der Waals surface area contributed by atoms with Crippen molar-refractivity contribution in [1.82, 2.24) is 15.2 Å². The zero-order valence-electron chi connectivity index (χ0n) is 12.8. The molecule has 1 aromatic carbocycles. The summed E-state index contributed by atoms with van der Waals surface area (Å²) in [6, 6.07) is 7.78. The van der Waals surface area contributed by atoms with Crippen LogP contribution in [0.4, 0.5) is 10.5 Å². The summed E-state index contributed by atoms with van der Waals surface area (Å²) in [5.41, 5.74) is 1.47. The van der Waals surface area contributed by atoms with Gasteiger partial charge in [-0.1, -0.05) is 11.6 Å². The van der Waals surface area contributed by atoms with Gasteiger partial charge < -0.3 is 15.5 Å². The van der Waals surface area contributed by atoms with Gasteiger partial charge in [0.05, 0.1) is 16.2 Å². The molecule has 23 heavy (non-hydrogen) atoms. The number of hydrogen-bond donors (Lipinski definition) is 2. The minimum atomic E-state index is -0.0434. The molecule has 0 unspecified atom stereocenters. The Morgan fingerprint density at radius 1 is 1.30 bits per heavy atom. The maximum Gasteiger partial charge on any atom is 0.321 e. The van der Waals surface area contributed by atoms with Gasteiger partial charge in [-0.3, -0.25) is 4.98 Å². The fourth-order valence-electron chi connectivity index (χ4n) is 3.55. The van der Waals surface area contributed by atoms with E-state index in [-0.39, 0.29) is 6.03 Å². The molecule has 5 nitrogen and oxygen atoms in total. The molecule has 4 heterocycles. The van der Waals surface area contributed by atoms with Crippen LogP contribution in [0, 0.1) is 5.92 Å². The van der Waals surface area contributed by atoms with Crippen molar-refractivity contribution in [3.8, 4) is 0 Å². The maximum absolute atomic E-state index is 12.7. The van der Waals surface area contributed by atoms with Crippen LogP contribution in [0.1, 0.15) is 12.8 Å². The molecule has 1 aromatic heterocycles. The molecule has 2 amide bonds. The summed E-state index contributed by atoms with van der Waals surface area (Å²) in [5, 5.41) is 8.02. The highest BCUT2D eigenvalue weighted by Gasteiger charge is 2.31. The zero-order valence-corrected chi connectivity index (χ0v) is 13.5. The van der Waals surface area contributed by atoms with E-state index < -0.39 is 0 Å². The highest BCUT2D eigenvalue weighted by atomic mass is 35.5. The number of anilines is 1. The number of piperidine rings is 1. The lowest BCUT2D eigenvalue weighted by molar-refractivity contribution is 0.209. The van der Waals surface area contributed by atoms with Crippen molar-refractivity contribution < 1.29 is 4.79 Å². The fourth-order valence-corrected chi connectivity index (χ4v) is 3.76. The number of nitrogens with one attached hydrogen (secondary N) is 2. The molecule has 2 atom stereocenters. The first-order chi connectivity index (χ1) is 11.2. The number of amides is 2. The quantitative estimate of drug-likeness (QED) is 0.844. The smallest absolute Gasteiger partial charge is 0.321 e. The van der Waals surface area contributed by atoms with Crippen LogP contribution in [0.5, 0.6) is 0 Å². The highest BCUT2D eigenvalue weighted by molar-refractivity contribution is 6.35. The van der Waals surface area contributed by atoms with E-state index in [0.29, 0.717) is 22.5 Å². The van der Waals surface area contributed by atoms with E-state index in [1.165, 1.54) is 6.42 Å². The first-order valence-corrected chi connectivity index (χ1v) is 8.41. The first-order valence-electron chi connectivity index (χ1n) is 8.03. The molecule has 2 aromatic rings. The second kappa shape index (κ2) is 5.98. The third kappa shape index (κ3) is 2.86. The van der Waals surface area contributed by atoms with Crippen LogP contribution < -0.4 is 10.6 Å². The number of nitrogens with zero attached hydrogens (tertiary/aromatic N) is 2. The Morgan fingerprint density at radius 2 is 2.22 bits per heavy atom. The minimum Gasteiger partial charge on any atom is -0.323 e. The van der Waals surface area contributed by atoms with Crippen LogP contribution in [-0.2, 0) is 0 Å². The van der Waals surface area contributed by atoms with Gasteiger partial charge in [-0.05, 0) is 49.6 Å². The zero-order chi connectivity index (χ0) is 15.8. The van der Waals surface area contributed by atoms with Crippen molar-refractivity contribution in [3.05, 3.63) is 35.5 Å². The van der Waals surface area contributed by atoms with Crippen LogP contribution in [-0.4, -0.2) is 41.6 Å². The Labute approximate surface area is 140 Å². The summed E-state index contributed by atoms with van der Waals surface area (Å²) in [5.74, 6) is 0.558. The summed E-state index contributed by atoms with van der Waals surface area (Å²) in [4.78, 5) is 18.9. The van der Waals surface area contributed by atoms with Crippen molar-refractivity contribution in [2.45, 2.75) is 18.9 Å². The van der Waals surface area contributed by atoms with E-state index in [9.17, 15) is 4.79 Å². The number of benzene rings is 1. The Kier molecular flexibility index (Phi) is 3.83. The standard InChI is InChI=1S/C17H19ClN4O/c18-14-5-6-15(13-2-1-7-19-16(13)14)21-17(23)22-9-11-3-4-12(10-22)20-8-11/h1-2,5-7,11-12,20H,3-4,8-10H2,(H,21,23)/t11-,12-/m0/s1. The van der Waals surface area contributed by atoms with Crippen LogP contribution in [0.3, 0.4) is 0 Å². The predicted octanol–water partition coefficient (Wildman–Crippen LogP) is 3.10. The van der Waals surface area contributed by atoms with Crippen LogP contribution in [0.15, 0.2) is 30.5 Å². The van der Waals surface area contributed by atoms with Gasteiger partial charge in [0.1, 0.15) is 0 Å². The normalized spacial score (nSPS) is 23.8. The molecule has 6 heteroatoms. The predicted molar refractivity (Wildman–Crippen MR) is 91.9 cm³/mol. The average molecular weight is 331 g/mol. The van der Waals surface area contributed by atoms with E-state index in [2.05, 4.69) is 15.6 Å². The van der Waals surface area contributed by atoms with Gasteiger partial charge in [0, 0.05) is 30.7 Å². The number of aromatic nitrogens is 1. The number of fused-ring (bicyclic) bond motifs is 5. The number of urea groups is 1. The van der Waals surface area contributed by atoms with Gasteiger partial charge in [0.15, 0.2) is 0 Å². The molecule has 3 saturated heterocycles. The minimum absolute atomic E-state index is 0.0434. The number of carbonyl (C=O) groups is 1. The lowest BCUT2D eigenvalue weighted by Gasteiger charge is -2.23. The molecule has 3 fully saturated rings. The molecule has 2 N–H and O–H groups in total. The van der Waals surface area contributed by atoms with E-state index in [1.807, 2.05) is 23.1 Å². The van der Waals surface area contributed by atoms with Crippen LogP contribution in [0.2, 0.25) is 5.02 Å². The Balaban J connectivity index is 1.58. The van der Waals surface area contributed by atoms with E-state index in [1.54, 1.807) is 12.3 Å². The van der Waals surface area contributed by atoms with E-state index in [4.69, 9.17) is 11.6 Å². The SMILES string of the molecule is O=C(Nc1ccc(Cl)c2ncccc12)N1C[C@H]2CC[C@@H](C1)NC2. The average Bonchev–Trinajstić information content (AvgIpc) is 2.91. The molecule has 0 radical (unpaired) electrons. The Hall–Kier alpha value is -1.85. The van der Waals surface area contributed by atoms with Crippen molar-refractivity contribution in [2.24, 2.45) is 5.92 Å². The molecule has 0 spiro atoms. The number of pyridine rings is 1. The fraction of sp³-hybridized carbons (Fsp3) is 0.412. The largest absolute Gasteiger partial charge is 0.323 e. The van der Waals surface area contributed by atoms with Gasteiger partial charge in [-0.15, -0.1) is 0 Å². The van der Waals surface area contributed by atoms with Crippen LogP contribution >= 0.6 is 11.6 Å². The highest BCUT2D eigenvalue weighted by Crippen LogP contribution is 2.29. The van der Waals surface area contributed by atoms with Crippen molar-refractivity contribution >= 4 is 34.2 Å².